The first-order valence-corrected chi connectivity index (χ1v) is 10.1. The summed E-state index contributed by atoms with van der Waals surface area (Å²) in [6, 6.07) is 6.57. The predicted molar refractivity (Wildman–Crippen MR) is 107 cm³/mol. The van der Waals surface area contributed by atoms with Crippen molar-refractivity contribution < 1.29 is 9.47 Å². The van der Waals surface area contributed by atoms with Crippen molar-refractivity contribution in [1.82, 2.24) is 19.5 Å². The fraction of sp³-hybridized carbons (Fsp3) is 0.476. The van der Waals surface area contributed by atoms with E-state index in [0.717, 1.165) is 68.7 Å². The van der Waals surface area contributed by atoms with Crippen LogP contribution in [0.3, 0.4) is 0 Å². The minimum atomic E-state index is 0.190. The van der Waals surface area contributed by atoms with Crippen molar-refractivity contribution in [3.05, 3.63) is 43.1 Å². The molecule has 3 aromatic heterocycles. The van der Waals surface area contributed by atoms with Crippen molar-refractivity contribution in [1.29, 1.82) is 0 Å². The first-order valence-electron chi connectivity index (χ1n) is 10.1. The molecule has 4 heterocycles. The van der Waals surface area contributed by atoms with E-state index in [4.69, 9.17) is 14.5 Å². The van der Waals surface area contributed by atoms with Crippen molar-refractivity contribution in [3.8, 4) is 5.88 Å². The van der Waals surface area contributed by atoms with E-state index in [9.17, 15) is 0 Å². The predicted octanol–water partition coefficient (Wildman–Crippen LogP) is 3.23. The van der Waals surface area contributed by atoms with Gasteiger partial charge in [-0.05, 0) is 37.8 Å². The molecule has 0 radical (unpaired) electrons. The van der Waals surface area contributed by atoms with E-state index in [1.54, 1.807) is 0 Å². The lowest BCUT2D eigenvalue weighted by Gasteiger charge is -2.31. The largest absolute Gasteiger partial charge is 0.474 e. The highest BCUT2D eigenvalue weighted by atomic mass is 16.5. The topological polar surface area (TPSA) is 65.3 Å². The number of ether oxygens (including phenoxy) is 2. The van der Waals surface area contributed by atoms with Crippen LogP contribution in [0.1, 0.15) is 31.7 Å². The number of hydrogen-bond acceptors (Lipinski definition) is 6. The zero-order valence-electron chi connectivity index (χ0n) is 15.9. The zero-order chi connectivity index (χ0) is 18.8. The molecule has 1 aliphatic heterocycles. The molecule has 0 spiro atoms. The Bertz CT molecular complexity index is 916. The minimum Gasteiger partial charge on any atom is -0.474 e. The molecule has 7 heteroatoms. The van der Waals surface area contributed by atoms with Gasteiger partial charge in [0.2, 0.25) is 5.88 Å². The van der Waals surface area contributed by atoms with Crippen LogP contribution in [0.25, 0.3) is 10.9 Å². The van der Waals surface area contributed by atoms with Crippen LogP contribution in [0.4, 0.5) is 5.82 Å². The second kappa shape index (κ2) is 7.75. The first-order chi connectivity index (χ1) is 13.9. The molecule has 1 saturated carbocycles. The van der Waals surface area contributed by atoms with Gasteiger partial charge in [0.25, 0.3) is 0 Å². The summed E-state index contributed by atoms with van der Waals surface area (Å²) in [5.74, 6) is 1.63. The van der Waals surface area contributed by atoms with Gasteiger partial charge in [0, 0.05) is 43.8 Å². The van der Waals surface area contributed by atoms with Crippen molar-refractivity contribution in [2.24, 2.45) is 0 Å². The lowest BCUT2D eigenvalue weighted by molar-refractivity contribution is 0.121. The number of morpholine rings is 1. The second-order valence-electron chi connectivity index (χ2n) is 7.51. The van der Waals surface area contributed by atoms with Gasteiger partial charge in [-0.15, -0.1) is 0 Å². The van der Waals surface area contributed by atoms with E-state index < -0.39 is 0 Å². The summed E-state index contributed by atoms with van der Waals surface area (Å²) in [6.07, 6.45) is 12.1. The van der Waals surface area contributed by atoms with E-state index in [0.29, 0.717) is 11.9 Å². The summed E-state index contributed by atoms with van der Waals surface area (Å²) in [4.78, 5) is 15.9. The molecule has 0 aromatic carbocycles. The number of rotatable bonds is 4. The highest BCUT2D eigenvalue weighted by Crippen LogP contribution is 2.33. The molecular weight excluding hydrogens is 354 g/mol. The van der Waals surface area contributed by atoms with Gasteiger partial charge in [0.1, 0.15) is 11.9 Å². The van der Waals surface area contributed by atoms with Crippen LogP contribution in [0.5, 0.6) is 5.88 Å². The van der Waals surface area contributed by atoms with E-state index in [1.165, 1.54) is 0 Å². The Kier molecular flexibility index (Phi) is 4.83. The molecule has 2 aliphatic rings. The monoisotopic (exact) mass is 379 g/mol. The molecule has 146 valence electrons. The Morgan fingerprint density at radius 2 is 1.93 bits per heavy atom. The number of imidazole rings is 1. The number of fused-ring (bicyclic) bond motifs is 1. The summed E-state index contributed by atoms with van der Waals surface area (Å²) in [7, 11) is 0. The molecule has 7 nitrogen and oxygen atoms in total. The van der Waals surface area contributed by atoms with Crippen LogP contribution in [-0.2, 0) is 4.74 Å². The molecule has 28 heavy (non-hydrogen) atoms. The molecule has 1 aliphatic carbocycles. The van der Waals surface area contributed by atoms with Crippen molar-refractivity contribution in [2.75, 3.05) is 31.2 Å². The number of anilines is 1. The lowest BCUT2D eigenvalue weighted by Crippen LogP contribution is -2.36. The quantitative estimate of drug-likeness (QED) is 0.693. The normalized spacial score (nSPS) is 23.1. The van der Waals surface area contributed by atoms with Crippen LogP contribution in [0, 0.1) is 0 Å². The van der Waals surface area contributed by atoms with Gasteiger partial charge in [0.05, 0.1) is 30.4 Å². The molecule has 0 unspecified atom stereocenters. The van der Waals surface area contributed by atoms with E-state index in [2.05, 4.69) is 31.7 Å². The molecule has 0 bridgehead atoms. The maximum Gasteiger partial charge on any atom is 0.225 e. The maximum atomic E-state index is 6.43. The number of aromatic nitrogens is 4. The molecule has 2 fully saturated rings. The van der Waals surface area contributed by atoms with Crippen molar-refractivity contribution >= 4 is 16.7 Å². The molecule has 1 saturated heterocycles. The summed E-state index contributed by atoms with van der Waals surface area (Å²) < 4.78 is 14.1. The van der Waals surface area contributed by atoms with Gasteiger partial charge < -0.3 is 18.9 Å². The highest BCUT2D eigenvalue weighted by molar-refractivity contribution is 5.85. The van der Waals surface area contributed by atoms with Gasteiger partial charge >= 0.3 is 0 Å². The standard InChI is InChI=1S/C21H25N5O2/c1-2-18-19(23-7-1)14-20(25-10-12-27-13-11-25)24-21(18)28-17-5-3-16(4-6-17)26-9-8-22-15-26/h1-2,7-9,14-17H,3-6,10-13H2/t16-,17+. The van der Waals surface area contributed by atoms with E-state index in [1.807, 2.05) is 30.9 Å². The third-order valence-electron chi connectivity index (χ3n) is 5.75. The van der Waals surface area contributed by atoms with Crippen LogP contribution < -0.4 is 9.64 Å². The average Bonchev–Trinajstić information content (AvgIpc) is 3.30. The van der Waals surface area contributed by atoms with Gasteiger partial charge in [-0.25, -0.2) is 4.98 Å². The Balaban J connectivity index is 1.36. The fourth-order valence-corrected chi connectivity index (χ4v) is 4.18. The van der Waals surface area contributed by atoms with Gasteiger partial charge in [-0.2, -0.15) is 4.98 Å². The Hall–Kier alpha value is -2.67. The summed E-state index contributed by atoms with van der Waals surface area (Å²) >= 11 is 0. The van der Waals surface area contributed by atoms with Crippen LogP contribution in [-0.4, -0.2) is 51.9 Å². The van der Waals surface area contributed by atoms with Crippen LogP contribution in [0.2, 0.25) is 0 Å². The van der Waals surface area contributed by atoms with Gasteiger partial charge in [-0.3, -0.25) is 4.98 Å². The van der Waals surface area contributed by atoms with Gasteiger partial charge in [-0.1, -0.05) is 0 Å². The first kappa shape index (κ1) is 17.4. The smallest absolute Gasteiger partial charge is 0.225 e. The third-order valence-corrected chi connectivity index (χ3v) is 5.75. The Morgan fingerprint density at radius 1 is 1.07 bits per heavy atom. The van der Waals surface area contributed by atoms with Gasteiger partial charge in [0.15, 0.2) is 0 Å². The molecule has 3 aromatic rings. The van der Waals surface area contributed by atoms with E-state index in [-0.39, 0.29) is 6.10 Å². The Morgan fingerprint density at radius 3 is 2.71 bits per heavy atom. The summed E-state index contributed by atoms with van der Waals surface area (Å²) in [6.45, 7) is 3.16. The molecule has 0 atom stereocenters. The zero-order valence-corrected chi connectivity index (χ0v) is 15.9. The molecule has 5 rings (SSSR count). The lowest BCUT2D eigenvalue weighted by atomic mass is 9.93. The number of nitrogens with zero attached hydrogens (tertiary/aromatic N) is 5. The van der Waals surface area contributed by atoms with E-state index >= 15 is 0 Å². The highest BCUT2D eigenvalue weighted by Gasteiger charge is 2.25. The SMILES string of the molecule is c1cnc2cc(N3CCOCC3)nc(O[C@H]3CC[C@@H](n4ccnc4)CC3)c2c1. The minimum absolute atomic E-state index is 0.190. The van der Waals surface area contributed by atoms with Crippen molar-refractivity contribution in [3.63, 3.8) is 0 Å². The Labute approximate surface area is 164 Å². The summed E-state index contributed by atoms with van der Waals surface area (Å²) in [5, 5.41) is 0.983. The van der Waals surface area contributed by atoms with Crippen LogP contribution in [0.15, 0.2) is 43.1 Å². The van der Waals surface area contributed by atoms with Crippen LogP contribution >= 0.6 is 0 Å². The number of hydrogen-bond donors (Lipinski definition) is 0. The summed E-state index contributed by atoms with van der Waals surface area (Å²) in [5.41, 5.74) is 0.932. The fourth-order valence-electron chi connectivity index (χ4n) is 4.18. The molecule has 0 N–H and O–H groups in total. The van der Waals surface area contributed by atoms with Crippen molar-refractivity contribution in [2.45, 2.75) is 37.8 Å². The maximum absolute atomic E-state index is 6.43. The third kappa shape index (κ3) is 3.54. The average molecular weight is 379 g/mol. The second-order valence-corrected chi connectivity index (χ2v) is 7.51. The molecule has 0 amide bonds. The number of pyridine rings is 2. The molecular formula is C21H25N5O2.